The van der Waals surface area contributed by atoms with Crippen LogP contribution in [-0.2, 0) is 20.8 Å². The minimum Gasteiger partial charge on any atom is -0.464 e. The van der Waals surface area contributed by atoms with Crippen molar-refractivity contribution in [1.82, 2.24) is 9.80 Å². The van der Waals surface area contributed by atoms with E-state index in [1.807, 2.05) is 47.4 Å². The Morgan fingerprint density at radius 1 is 1.19 bits per heavy atom. The highest BCUT2D eigenvalue weighted by molar-refractivity contribution is 5.67. The van der Waals surface area contributed by atoms with Gasteiger partial charge in [-0.2, -0.15) is 0 Å². The molecule has 0 atom stereocenters. The van der Waals surface area contributed by atoms with E-state index in [-0.39, 0.29) is 12.7 Å². The first-order valence-corrected chi connectivity index (χ1v) is 10.6. The lowest BCUT2D eigenvalue weighted by molar-refractivity contribution is -0.0418. The van der Waals surface area contributed by atoms with Gasteiger partial charge in [0.05, 0.1) is 12.1 Å². The quantitative estimate of drug-likeness (QED) is 0.744. The minimum atomic E-state index is -0.955. The summed E-state index contributed by atoms with van der Waals surface area (Å²) in [7, 11) is 0. The molecule has 2 heterocycles. The topological polar surface area (TPSA) is 71.5 Å². The highest BCUT2D eigenvalue weighted by Crippen LogP contribution is 2.30. The second-order valence-corrected chi connectivity index (χ2v) is 7.94. The molecule has 1 N–H and O–H groups in total. The summed E-state index contributed by atoms with van der Waals surface area (Å²) >= 11 is 0. The number of carbonyl (C=O) groups excluding carboxylic acids is 1. The van der Waals surface area contributed by atoms with Crippen LogP contribution in [0, 0.1) is 0 Å². The average Bonchev–Trinajstić information content (AvgIpc) is 2.83. The number of amides is 1. The van der Waals surface area contributed by atoms with Crippen LogP contribution in [-0.4, -0.2) is 46.2 Å². The van der Waals surface area contributed by atoms with Gasteiger partial charge in [0.1, 0.15) is 19.1 Å². The van der Waals surface area contributed by atoms with Gasteiger partial charge in [0, 0.05) is 18.8 Å². The molecule has 0 radical (unpaired) electrons. The molecule has 0 unspecified atom stereocenters. The summed E-state index contributed by atoms with van der Waals surface area (Å²) in [4.78, 5) is 16.1. The van der Waals surface area contributed by atoms with Crippen LogP contribution in [0.5, 0.6) is 0 Å². The third-order valence-corrected chi connectivity index (χ3v) is 5.71. The molecule has 0 aromatic heterocycles. The number of benzene rings is 1. The van der Waals surface area contributed by atoms with Gasteiger partial charge >= 0.3 is 6.09 Å². The molecule has 4 rings (SSSR count). The van der Waals surface area contributed by atoms with Crippen LogP contribution >= 0.6 is 0 Å². The summed E-state index contributed by atoms with van der Waals surface area (Å²) < 4.78 is 16.3. The fourth-order valence-corrected chi connectivity index (χ4v) is 3.89. The lowest BCUT2D eigenvalue weighted by Crippen LogP contribution is -2.52. The number of likely N-dealkylation sites (tertiary alicyclic amines) is 1. The molecule has 1 saturated heterocycles. The minimum absolute atomic E-state index is 0.245. The molecule has 0 bridgehead atoms. The molecular formula is C24H28N2O5. The van der Waals surface area contributed by atoms with E-state index in [9.17, 15) is 9.90 Å². The molecule has 31 heavy (non-hydrogen) atoms. The molecule has 7 heteroatoms. The molecule has 1 aromatic carbocycles. The Kier molecular flexibility index (Phi) is 6.62. The van der Waals surface area contributed by atoms with Gasteiger partial charge in [0.2, 0.25) is 5.88 Å². The van der Waals surface area contributed by atoms with E-state index < -0.39 is 5.60 Å². The zero-order valence-electron chi connectivity index (χ0n) is 17.5. The van der Waals surface area contributed by atoms with Gasteiger partial charge in [-0.1, -0.05) is 42.5 Å². The number of nitrogens with zero attached hydrogens (tertiary/aromatic N) is 2. The van der Waals surface area contributed by atoms with Crippen LogP contribution in [0.25, 0.3) is 0 Å². The lowest BCUT2D eigenvalue weighted by atomic mass is 9.90. The first-order valence-electron chi connectivity index (χ1n) is 10.6. The van der Waals surface area contributed by atoms with E-state index in [0.717, 1.165) is 24.1 Å². The average molecular weight is 424 g/mol. The van der Waals surface area contributed by atoms with Crippen molar-refractivity contribution in [3.05, 3.63) is 84.5 Å². The van der Waals surface area contributed by atoms with Crippen molar-refractivity contribution in [1.29, 1.82) is 0 Å². The predicted octanol–water partition coefficient (Wildman–Crippen LogP) is 4.00. The molecular weight excluding hydrogens is 396 g/mol. The van der Waals surface area contributed by atoms with Crippen molar-refractivity contribution in [2.45, 2.75) is 37.9 Å². The molecule has 2 aliphatic heterocycles. The maximum Gasteiger partial charge on any atom is 0.410 e. The number of ether oxygens (including phenoxy) is 3. The number of rotatable bonds is 6. The summed E-state index contributed by atoms with van der Waals surface area (Å²) in [5.74, 6) is 0.544. The number of piperidine rings is 1. The zero-order valence-corrected chi connectivity index (χ0v) is 17.5. The van der Waals surface area contributed by atoms with Crippen molar-refractivity contribution in [3.63, 3.8) is 0 Å². The van der Waals surface area contributed by atoms with Gasteiger partial charge in [-0.25, -0.2) is 4.79 Å². The monoisotopic (exact) mass is 424 g/mol. The second-order valence-electron chi connectivity index (χ2n) is 7.94. The summed E-state index contributed by atoms with van der Waals surface area (Å²) in [5, 5.41) is 11.3. The van der Waals surface area contributed by atoms with Crippen LogP contribution in [0.2, 0.25) is 0 Å². The predicted molar refractivity (Wildman–Crippen MR) is 115 cm³/mol. The van der Waals surface area contributed by atoms with E-state index in [1.54, 1.807) is 11.2 Å². The fraction of sp³-hybridized carbons (Fsp3) is 0.375. The molecule has 7 nitrogen and oxygen atoms in total. The smallest absolute Gasteiger partial charge is 0.410 e. The third-order valence-electron chi connectivity index (χ3n) is 5.71. The zero-order chi connectivity index (χ0) is 21.5. The number of hydrogen-bond donors (Lipinski definition) is 1. The molecule has 0 spiro atoms. The maximum atomic E-state index is 12.4. The van der Waals surface area contributed by atoms with E-state index in [2.05, 4.69) is 6.08 Å². The van der Waals surface area contributed by atoms with E-state index in [1.165, 1.54) is 12.5 Å². The Hall–Kier alpha value is -3.19. The number of carbonyl (C=O) groups is 1. The highest BCUT2D eigenvalue weighted by Gasteiger charge is 2.37. The van der Waals surface area contributed by atoms with Gasteiger partial charge < -0.3 is 29.1 Å². The first kappa shape index (κ1) is 21.1. The maximum absolute atomic E-state index is 12.4. The Bertz CT molecular complexity index is 882. The Balaban J connectivity index is 1.35. The van der Waals surface area contributed by atoms with Crippen LogP contribution in [0.1, 0.15) is 31.2 Å². The Labute approximate surface area is 182 Å². The Morgan fingerprint density at radius 3 is 2.68 bits per heavy atom. The molecule has 0 saturated carbocycles. The van der Waals surface area contributed by atoms with Gasteiger partial charge in [0.25, 0.3) is 0 Å². The van der Waals surface area contributed by atoms with E-state index in [0.29, 0.717) is 38.4 Å². The summed E-state index contributed by atoms with van der Waals surface area (Å²) in [6, 6.07) is 9.61. The highest BCUT2D eigenvalue weighted by atomic mass is 16.6. The largest absolute Gasteiger partial charge is 0.464 e. The third kappa shape index (κ3) is 5.49. The van der Waals surface area contributed by atoms with Crippen LogP contribution in [0.15, 0.2) is 78.9 Å². The van der Waals surface area contributed by atoms with Crippen molar-refractivity contribution >= 4 is 6.09 Å². The van der Waals surface area contributed by atoms with Crippen molar-refractivity contribution in [2.24, 2.45) is 0 Å². The molecule has 164 valence electrons. The van der Waals surface area contributed by atoms with Crippen LogP contribution in [0.4, 0.5) is 4.79 Å². The molecule has 1 aliphatic carbocycles. The van der Waals surface area contributed by atoms with Crippen molar-refractivity contribution < 1.29 is 24.1 Å². The Morgan fingerprint density at radius 2 is 2.00 bits per heavy atom. The van der Waals surface area contributed by atoms with Crippen LogP contribution < -0.4 is 0 Å². The van der Waals surface area contributed by atoms with E-state index >= 15 is 0 Å². The van der Waals surface area contributed by atoms with Crippen LogP contribution in [0.3, 0.4) is 0 Å². The standard InChI is InChI=1S/C24H28N2O5/c27-23(31-17-20-7-3-1-4-8-20)25-13-11-24(28,12-14-25)19-26(21-9-5-2-6-10-21)22-18-29-15-16-30-22/h1-5,7-9,15-16,18,28H,6,10-14,17,19H2. The van der Waals surface area contributed by atoms with Gasteiger partial charge in [-0.3, -0.25) is 0 Å². The van der Waals surface area contributed by atoms with Gasteiger partial charge in [0.15, 0.2) is 6.26 Å². The number of allylic oxidation sites excluding steroid dienone is 4. The van der Waals surface area contributed by atoms with E-state index in [4.69, 9.17) is 14.2 Å². The number of hydrogen-bond acceptors (Lipinski definition) is 6. The lowest BCUT2D eigenvalue weighted by Gasteiger charge is -2.42. The van der Waals surface area contributed by atoms with Crippen molar-refractivity contribution in [2.75, 3.05) is 19.6 Å². The van der Waals surface area contributed by atoms with Crippen molar-refractivity contribution in [3.8, 4) is 0 Å². The molecule has 1 aromatic rings. The normalized spacial score (nSPS) is 19.6. The molecule has 1 amide bonds. The first-order chi connectivity index (χ1) is 15.1. The molecule has 1 fully saturated rings. The second kappa shape index (κ2) is 9.75. The molecule has 3 aliphatic rings. The summed E-state index contributed by atoms with van der Waals surface area (Å²) in [6.07, 6.45) is 13.0. The fourth-order valence-electron chi connectivity index (χ4n) is 3.89. The van der Waals surface area contributed by atoms with Gasteiger partial charge in [-0.05, 0) is 37.3 Å². The van der Waals surface area contributed by atoms with Gasteiger partial charge in [-0.15, -0.1) is 0 Å². The summed E-state index contributed by atoms with van der Waals surface area (Å²) in [6.45, 7) is 1.48. The number of aliphatic hydroxyl groups is 1. The SMILES string of the molecule is O=C(OCc1ccccc1)N1CCC(O)(CN(C2=CC=CCC2)C2=COC=CO2)CC1. The summed E-state index contributed by atoms with van der Waals surface area (Å²) in [5.41, 5.74) is 1.06.